The van der Waals surface area contributed by atoms with E-state index in [1.807, 2.05) is 0 Å². The summed E-state index contributed by atoms with van der Waals surface area (Å²) >= 11 is 1.30. The van der Waals surface area contributed by atoms with Gasteiger partial charge in [0.25, 0.3) is 0 Å². The van der Waals surface area contributed by atoms with Gasteiger partial charge in [0.15, 0.2) is 0 Å². The average Bonchev–Trinajstić information content (AvgIpc) is 2.68. The molecule has 1 aliphatic heterocycles. The SMILES string of the molecule is O=C(O)c1cnc([C@@H]2CCCNC2)s1. The van der Waals surface area contributed by atoms with Crippen molar-refractivity contribution in [3.05, 3.63) is 16.1 Å². The van der Waals surface area contributed by atoms with Crippen molar-refractivity contribution in [2.24, 2.45) is 0 Å². The van der Waals surface area contributed by atoms with Crippen LogP contribution < -0.4 is 5.32 Å². The Kier molecular flexibility index (Phi) is 2.79. The summed E-state index contributed by atoms with van der Waals surface area (Å²) in [4.78, 5) is 15.1. The zero-order chi connectivity index (χ0) is 9.97. The van der Waals surface area contributed by atoms with Crippen LogP contribution in [0, 0.1) is 0 Å². The van der Waals surface area contributed by atoms with E-state index in [9.17, 15) is 4.79 Å². The van der Waals surface area contributed by atoms with Gasteiger partial charge >= 0.3 is 5.97 Å². The highest BCUT2D eigenvalue weighted by molar-refractivity contribution is 7.13. The van der Waals surface area contributed by atoms with Gasteiger partial charge in [0, 0.05) is 12.5 Å². The van der Waals surface area contributed by atoms with E-state index in [2.05, 4.69) is 10.3 Å². The average molecular weight is 212 g/mol. The van der Waals surface area contributed by atoms with Crippen molar-refractivity contribution in [1.29, 1.82) is 0 Å². The van der Waals surface area contributed by atoms with Gasteiger partial charge in [-0.25, -0.2) is 9.78 Å². The molecule has 0 bridgehead atoms. The molecule has 5 heteroatoms. The minimum Gasteiger partial charge on any atom is -0.477 e. The Bertz CT molecular complexity index is 331. The zero-order valence-electron chi connectivity index (χ0n) is 7.69. The number of hydrogen-bond acceptors (Lipinski definition) is 4. The van der Waals surface area contributed by atoms with E-state index in [0.717, 1.165) is 30.9 Å². The summed E-state index contributed by atoms with van der Waals surface area (Å²) in [5.41, 5.74) is 0. The fourth-order valence-electron chi connectivity index (χ4n) is 1.64. The van der Waals surface area contributed by atoms with Crippen molar-refractivity contribution >= 4 is 17.3 Å². The second-order valence-corrected chi connectivity index (χ2v) is 4.47. The second-order valence-electron chi connectivity index (χ2n) is 3.41. The highest BCUT2D eigenvalue weighted by Crippen LogP contribution is 2.26. The summed E-state index contributed by atoms with van der Waals surface area (Å²) < 4.78 is 0. The number of hydrogen-bond donors (Lipinski definition) is 2. The van der Waals surface area contributed by atoms with Crippen LogP contribution in [0.3, 0.4) is 0 Å². The first-order chi connectivity index (χ1) is 6.77. The number of nitrogens with one attached hydrogen (secondary N) is 1. The van der Waals surface area contributed by atoms with Gasteiger partial charge in [-0.1, -0.05) is 0 Å². The molecule has 0 saturated carbocycles. The van der Waals surface area contributed by atoms with Crippen LogP contribution >= 0.6 is 11.3 Å². The molecule has 2 rings (SSSR count). The quantitative estimate of drug-likeness (QED) is 0.776. The predicted octanol–water partition coefficient (Wildman–Crippen LogP) is 1.31. The van der Waals surface area contributed by atoms with Gasteiger partial charge in [-0.2, -0.15) is 0 Å². The van der Waals surface area contributed by atoms with Crippen LogP contribution in [0.4, 0.5) is 0 Å². The fourth-order valence-corrected chi connectivity index (χ4v) is 2.53. The molecule has 2 heterocycles. The molecule has 0 amide bonds. The fraction of sp³-hybridized carbons (Fsp3) is 0.556. The molecular formula is C9H12N2O2S. The number of rotatable bonds is 2. The molecular weight excluding hydrogens is 200 g/mol. The molecule has 1 aromatic rings. The Morgan fingerprint density at radius 1 is 1.71 bits per heavy atom. The van der Waals surface area contributed by atoms with Crippen LogP contribution in [0.15, 0.2) is 6.20 Å². The zero-order valence-corrected chi connectivity index (χ0v) is 8.51. The van der Waals surface area contributed by atoms with Crippen LogP contribution in [0.1, 0.15) is 33.4 Å². The molecule has 0 aliphatic carbocycles. The highest BCUT2D eigenvalue weighted by atomic mass is 32.1. The molecule has 0 radical (unpaired) electrons. The number of nitrogens with zero attached hydrogens (tertiary/aromatic N) is 1. The first-order valence-electron chi connectivity index (χ1n) is 4.67. The largest absolute Gasteiger partial charge is 0.477 e. The number of carboxylic acids is 1. The minimum absolute atomic E-state index is 0.338. The number of aromatic nitrogens is 1. The van der Waals surface area contributed by atoms with E-state index < -0.39 is 5.97 Å². The number of piperidine rings is 1. The molecule has 76 valence electrons. The third-order valence-corrected chi connectivity index (χ3v) is 3.53. The normalized spacial score (nSPS) is 22.1. The Morgan fingerprint density at radius 2 is 2.57 bits per heavy atom. The third kappa shape index (κ3) is 1.93. The third-order valence-electron chi connectivity index (χ3n) is 2.38. The van der Waals surface area contributed by atoms with Gasteiger partial charge in [0.1, 0.15) is 4.88 Å². The molecule has 1 fully saturated rings. The smallest absolute Gasteiger partial charge is 0.347 e. The van der Waals surface area contributed by atoms with Gasteiger partial charge in [-0.05, 0) is 19.4 Å². The van der Waals surface area contributed by atoms with Crippen molar-refractivity contribution < 1.29 is 9.90 Å². The standard InChI is InChI=1S/C9H12N2O2S/c12-9(13)7-5-11-8(14-7)6-2-1-3-10-4-6/h5-6,10H,1-4H2,(H,12,13)/t6-/m1/s1. The molecule has 0 unspecified atom stereocenters. The first kappa shape index (κ1) is 9.61. The van der Waals surface area contributed by atoms with E-state index in [1.165, 1.54) is 17.5 Å². The molecule has 1 atom stereocenters. The number of carboxylic acid groups (broad SMARTS) is 1. The van der Waals surface area contributed by atoms with E-state index in [1.54, 1.807) is 0 Å². The lowest BCUT2D eigenvalue weighted by atomic mass is 10.0. The van der Waals surface area contributed by atoms with E-state index in [4.69, 9.17) is 5.11 Å². The molecule has 1 aliphatic rings. The Morgan fingerprint density at radius 3 is 3.14 bits per heavy atom. The maximum absolute atomic E-state index is 10.7. The van der Waals surface area contributed by atoms with Crippen LogP contribution in [0.5, 0.6) is 0 Å². The van der Waals surface area contributed by atoms with Crippen molar-refractivity contribution in [2.45, 2.75) is 18.8 Å². The number of aromatic carboxylic acids is 1. The molecule has 2 N–H and O–H groups in total. The van der Waals surface area contributed by atoms with Crippen molar-refractivity contribution in [3.8, 4) is 0 Å². The summed E-state index contributed by atoms with van der Waals surface area (Å²) in [6.45, 7) is 1.99. The maximum atomic E-state index is 10.7. The Hall–Kier alpha value is -0.940. The minimum atomic E-state index is -0.877. The summed E-state index contributed by atoms with van der Waals surface area (Å²) in [6.07, 6.45) is 3.71. The number of thiazole rings is 1. The first-order valence-corrected chi connectivity index (χ1v) is 5.49. The van der Waals surface area contributed by atoms with Gasteiger partial charge in [0.2, 0.25) is 0 Å². The van der Waals surface area contributed by atoms with Gasteiger partial charge in [0.05, 0.1) is 11.2 Å². The van der Waals surface area contributed by atoms with Crippen LogP contribution in [0.25, 0.3) is 0 Å². The van der Waals surface area contributed by atoms with Gasteiger partial charge < -0.3 is 10.4 Å². The van der Waals surface area contributed by atoms with Crippen molar-refractivity contribution in [3.63, 3.8) is 0 Å². The monoisotopic (exact) mass is 212 g/mol. The van der Waals surface area contributed by atoms with Crippen LogP contribution in [0.2, 0.25) is 0 Å². The lowest BCUT2D eigenvalue weighted by molar-refractivity contribution is 0.0702. The predicted molar refractivity (Wildman–Crippen MR) is 53.9 cm³/mol. The van der Waals surface area contributed by atoms with E-state index in [0.29, 0.717) is 10.8 Å². The lowest BCUT2D eigenvalue weighted by Gasteiger charge is -2.20. The molecule has 0 aromatic carbocycles. The maximum Gasteiger partial charge on any atom is 0.347 e. The molecule has 1 saturated heterocycles. The van der Waals surface area contributed by atoms with Gasteiger partial charge in [-0.15, -0.1) is 11.3 Å². The molecule has 4 nitrogen and oxygen atoms in total. The van der Waals surface area contributed by atoms with Crippen LogP contribution in [-0.2, 0) is 0 Å². The van der Waals surface area contributed by atoms with E-state index in [-0.39, 0.29) is 0 Å². The van der Waals surface area contributed by atoms with E-state index >= 15 is 0 Å². The van der Waals surface area contributed by atoms with Crippen LogP contribution in [-0.4, -0.2) is 29.1 Å². The second kappa shape index (κ2) is 4.06. The lowest BCUT2D eigenvalue weighted by Crippen LogP contribution is -2.28. The summed E-state index contributed by atoms with van der Waals surface area (Å²) in [5.74, 6) is -0.473. The Labute approximate surface area is 86.0 Å². The highest BCUT2D eigenvalue weighted by Gasteiger charge is 2.19. The molecule has 1 aromatic heterocycles. The Balaban J connectivity index is 2.11. The molecule has 14 heavy (non-hydrogen) atoms. The van der Waals surface area contributed by atoms with Crippen molar-refractivity contribution in [1.82, 2.24) is 10.3 Å². The summed E-state index contributed by atoms with van der Waals surface area (Å²) in [7, 11) is 0. The molecule has 0 spiro atoms. The summed E-state index contributed by atoms with van der Waals surface area (Å²) in [6, 6.07) is 0. The topological polar surface area (TPSA) is 62.2 Å². The van der Waals surface area contributed by atoms with Gasteiger partial charge in [-0.3, -0.25) is 0 Å². The summed E-state index contributed by atoms with van der Waals surface area (Å²) in [5, 5.41) is 13.0. The number of carbonyl (C=O) groups is 1. The van der Waals surface area contributed by atoms with Crippen molar-refractivity contribution in [2.75, 3.05) is 13.1 Å².